The lowest BCUT2D eigenvalue weighted by atomic mass is 10.1. The molecule has 0 unspecified atom stereocenters. The molecule has 0 aliphatic rings. The number of ether oxygens (including phenoxy) is 2. The Morgan fingerprint density at radius 1 is 1.00 bits per heavy atom. The molecule has 0 fully saturated rings. The summed E-state index contributed by atoms with van der Waals surface area (Å²) in [5.41, 5.74) is 2.40. The molecule has 0 saturated carbocycles. The quantitative estimate of drug-likeness (QED) is 0.139. The number of benzene rings is 2. The van der Waals surface area contributed by atoms with Crippen molar-refractivity contribution >= 4 is 28.2 Å². The number of nitrogens with zero attached hydrogens (tertiary/aromatic N) is 5. The number of carbonyl (C=O) groups is 1. The van der Waals surface area contributed by atoms with Crippen LogP contribution >= 0.6 is 0 Å². The summed E-state index contributed by atoms with van der Waals surface area (Å²) in [6.07, 6.45) is 4.36. The van der Waals surface area contributed by atoms with E-state index in [-0.39, 0.29) is 11.6 Å². The van der Waals surface area contributed by atoms with Gasteiger partial charge in [-0.15, -0.1) is 10.2 Å². The summed E-state index contributed by atoms with van der Waals surface area (Å²) in [6.45, 7) is 8.12. The fourth-order valence-electron chi connectivity index (χ4n) is 4.16. The number of hydrogen-bond acceptors (Lipinski definition) is 8. The fraction of sp³-hybridized carbons (Fsp3) is 0.448. The van der Waals surface area contributed by atoms with Crippen molar-refractivity contribution < 1.29 is 24.2 Å². The zero-order valence-corrected chi connectivity index (χ0v) is 23.5. The van der Waals surface area contributed by atoms with E-state index >= 15 is 0 Å². The van der Waals surface area contributed by atoms with Gasteiger partial charge in [0.2, 0.25) is 5.88 Å². The first-order valence-electron chi connectivity index (χ1n) is 13.3. The van der Waals surface area contributed by atoms with E-state index in [1.165, 1.54) is 0 Å². The Bertz CT molecular complexity index is 1290. The molecule has 1 aromatic heterocycles. The molecule has 0 spiro atoms. The molecular weight excluding hydrogens is 498 g/mol. The molecule has 39 heavy (non-hydrogen) atoms. The number of amides is 1. The minimum atomic E-state index is -0.623. The largest absolute Gasteiger partial charge is 0.493 e. The van der Waals surface area contributed by atoms with Gasteiger partial charge in [0.05, 0.1) is 32.1 Å². The Hall–Kier alpha value is -3.92. The van der Waals surface area contributed by atoms with E-state index in [2.05, 4.69) is 34.1 Å². The number of rotatable bonds is 15. The first-order chi connectivity index (χ1) is 18.9. The molecule has 2 aromatic carbocycles. The Morgan fingerprint density at radius 3 is 2.36 bits per heavy atom. The molecule has 1 heterocycles. The molecule has 3 rings (SSSR count). The second-order valence-corrected chi connectivity index (χ2v) is 9.20. The summed E-state index contributed by atoms with van der Waals surface area (Å²) in [4.78, 5) is 19.9. The molecule has 10 nitrogen and oxygen atoms in total. The first-order valence-corrected chi connectivity index (χ1v) is 13.3. The Labute approximate surface area is 229 Å². The smallest absolute Gasteiger partial charge is 0.304 e. The van der Waals surface area contributed by atoms with Gasteiger partial charge < -0.3 is 19.4 Å². The number of unbranched alkanes of at least 4 members (excludes halogenated alkanes) is 2. The van der Waals surface area contributed by atoms with Crippen LogP contribution in [0.3, 0.4) is 0 Å². The number of para-hydroxylation sites is 1. The summed E-state index contributed by atoms with van der Waals surface area (Å²) in [6, 6.07) is 12.9. The van der Waals surface area contributed by atoms with Crippen LogP contribution in [0.5, 0.6) is 17.4 Å². The number of hydrogen-bond donors (Lipinski definition) is 1. The predicted octanol–water partition coefficient (Wildman–Crippen LogP) is 6.27. The lowest BCUT2D eigenvalue weighted by molar-refractivity contribution is -0.122. The van der Waals surface area contributed by atoms with Crippen molar-refractivity contribution in [1.82, 2.24) is 9.47 Å². The lowest BCUT2D eigenvalue weighted by Crippen LogP contribution is -2.28. The third-order valence-electron chi connectivity index (χ3n) is 6.37. The topological polar surface area (TPSA) is 110 Å². The van der Waals surface area contributed by atoms with Crippen molar-refractivity contribution in [3.05, 3.63) is 48.0 Å². The summed E-state index contributed by atoms with van der Waals surface area (Å²) in [5, 5.41) is 23.7. The average Bonchev–Trinajstić information content (AvgIpc) is 3.22. The lowest BCUT2D eigenvalue weighted by Gasteiger charge is -2.23. The van der Waals surface area contributed by atoms with Crippen molar-refractivity contribution in [2.45, 2.75) is 53.1 Å². The Balaban J connectivity index is 1.72. The fourth-order valence-corrected chi connectivity index (χ4v) is 4.16. The van der Waals surface area contributed by atoms with Crippen molar-refractivity contribution in [3.63, 3.8) is 0 Å². The van der Waals surface area contributed by atoms with Gasteiger partial charge in [-0.25, -0.2) is 0 Å². The standard InChI is InChI=1S/C29H39N5O5/c1-6-8-16-33(17-9-7-2)20-34-24-13-11-10-12-23(24)28(29(34)36)31-30-27(35)19-39-32-21(3)22-14-15-25(37-4)26(18-22)38-5/h10-15,18,36H,6-9,16-17,19-20H2,1-5H3/b31-30?,32-21-. The molecule has 210 valence electrons. The molecule has 0 atom stereocenters. The van der Waals surface area contributed by atoms with Gasteiger partial charge in [0.1, 0.15) is 0 Å². The zero-order chi connectivity index (χ0) is 28.2. The van der Waals surface area contributed by atoms with Crippen molar-refractivity contribution in [3.8, 4) is 17.4 Å². The Morgan fingerprint density at radius 2 is 1.69 bits per heavy atom. The van der Waals surface area contributed by atoms with Crippen LogP contribution in [0.1, 0.15) is 52.0 Å². The van der Waals surface area contributed by atoms with Gasteiger partial charge in [0.25, 0.3) is 0 Å². The second-order valence-electron chi connectivity index (χ2n) is 9.20. The Kier molecular flexibility index (Phi) is 11.3. The van der Waals surface area contributed by atoms with E-state index in [0.29, 0.717) is 23.9 Å². The highest BCUT2D eigenvalue weighted by molar-refractivity contribution is 5.99. The number of aromatic nitrogens is 1. The average molecular weight is 538 g/mol. The maximum atomic E-state index is 12.4. The second kappa shape index (κ2) is 14.9. The highest BCUT2D eigenvalue weighted by atomic mass is 16.6. The van der Waals surface area contributed by atoms with E-state index in [1.54, 1.807) is 33.3 Å². The normalized spacial score (nSPS) is 12.0. The van der Waals surface area contributed by atoms with Gasteiger partial charge in [0.15, 0.2) is 23.8 Å². The van der Waals surface area contributed by atoms with Gasteiger partial charge in [0, 0.05) is 10.9 Å². The van der Waals surface area contributed by atoms with Gasteiger partial charge in [-0.1, -0.05) is 50.0 Å². The maximum absolute atomic E-state index is 12.4. The molecular formula is C29H39N5O5. The van der Waals surface area contributed by atoms with Crippen LogP contribution < -0.4 is 9.47 Å². The molecule has 1 amide bonds. The number of carbonyl (C=O) groups excluding carboxylic acids is 1. The van der Waals surface area contributed by atoms with Crippen molar-refractivity contribution in [2.75, 3.05) is 33.9 Å². The summed E-state index contributed by atoms with van der Waals surface area (Å²) in [7, 11) is 3.12. The third-order valence-corrected chi connectivity index (χ3v) is 6.37. The van der Waals surface area contributed by atoms with Gasteiger partial charge in [-0.2, -0.15) is 0 Å². The molecule has 10 heteroatoms. The van der Waals surface area contributed by atoms with E-state index in [1.807, 2.05) is 34.9 Å². The highest BCUT2D eigenvalue weighted by Gasteiger charge is 2.19. The van der Waals surface area contributed by atoms with Gasteiger partial charge in [-0.05, 0) is 57.1 Å². The molecule has 0 bridgehead atoms. The van der Waals surface area contributed by atoms with E-state index in [0.717, 1.165) is 55.2 Å². The number of fused-ring (bicyclic) bond motifs is 1. The first kappa shape index (κ1) is 29.6. The molecule has 3 aromatic rings. The van der Waals surface area contributed by atoms with E-state index < -0.39 is 12.5 Å². The van der Waals surface area contributed by atoms with E-state index in [9.17, 15) is 9.90 Å². The number of methoxy groups -OCH3 is 2. The zero-order valence-electron chi connectivity index (χ0n) is 23.5. The molecule has 1 N–H and O–H groups in total. The predicted molar refractivity (Wildman–Crippen MR) is 152 cm³/mol. The summed E-state index contributed by atoms with van der Waals surface area (Å²) >= 11 is 0. The SMILES string of the molecule is CCCCN(CCCC)Cn1c(O)c(N=NC(=O)CO/N=C(/C)c2ccc(OC)c(OC)c2)c2ccccc21. The van der Waals surface area contributed by atoms with Crippen molar-refractivity contribution in [1.29, 1.82) is 0 Å². The molecule has 0 radical (unpaired) electrons. The highest BCUT2D eigenvalue weighted by Crippen LogP contribution is 2.39. The maximum Gasteiger partial charge on any atom is 0.304 e. The summed E-state index contributed by atoms with van der Waals surface area (Å²) in [5.74, 6) is 0.522. The van der Waals surface area contributed by atoms with Crippen LogP contribution in [0.4, 0.5) is 5.69 Å². The van der Waals surface area contributed by atoms with Crippen LogP contribution in [0.15, 0.2) is 57.8 Å². The van der Waals surface area contributed by atoms with Gasteiger partial charge in [-0.3, -0.25) is 14.3 Å². The van der Waals surface area contributed by atoms with Gasteiger partial charge >= 0.3 is 5.91 Å². The number of azo groups is 1. The number of aromatic hydroxyl groups is 1. The van der Waals surface area contributed by atoms with Crippen LogP contribution in [0.25, 0.3) is 10.9 Å². The monoisotopic (exact) mass is 537 g/mol. The van der Waals surface area contributed by atoms with Crippen LogP contribution in [-0.4, -0.2) is 60.1 Å². The third kappa shape index (κ3) is 7.79. The molecule has 0 saturated heterocycles. The minimum absolute atomic E-state index is 0.0195. The summed E-state index contributed by atoms with van der Waals surface area (Å²) < 4.78 is 12.4. The molecule has 0 aliphatic heterocycles. The van der Waals surface area contributed by atoms with E-state index in [4.69, 9.17) is 14.3 Å². The minimum Gasteiger partial charge on any atom is -0.493 e. The van der Waals surface area contributed by atoms with Crippen LogP contribution in [0, 0.1) is 0 Å². The van der Waals surface area contributed by atoms with Crippen LogP contribution in [0.2, 0.25) is 0 Å². The van der Waals surface area contributed by atoms with Crippen LogP contribution in [-0.2, 0) is 16.3 Å². The number of oxime groups is 1. The van der Waals surface area contributed by atoms with Crippen molar-refractivity contribution in [2.24, 2.45) is 15.4 Å². The molecule has 0 aliphatic carbocycles.